The predicted octanol–water partition coefficient (Wildman–Crippen LogP) is 1.92. The van der Waals surface area contributed by atoms with Gasteiger partial charge < -0.3 is 19.9 Å². The summed E-state index contributed by atoms with van der Waals surface area (Å²) in [7, 11) is 0. The van der Waals surface area contributed by atoms with Gasteiger partial charge in [-0.25, -0.2) is 4.79 Å². The second-order valence-corrected chi connectivity index (χ2v) is 6.81. The molecular formula is C14H23NO5. The molecule has 1 saturated heterocycles. The van der Waals surface area contributed by atoms with Crippen molar-refractivity contribution in [1.82, 2.24) is 5.32 Å². The number of carboxylic acid groups (broad SMARTS) is 1. The zero-order valence-corrected chi connectivity index (χ0v) is 12.3. The molecule has 0 radical (unpaired) electrons. The maximum absolute atomic E-state index is 11.7. The molecule has 0 aromatic carbocycles. The molecule has 1 atom stereocenters. The van der Waals surface area contributed by atoms with E-state index in [1.165, 1.54) is 0 Å². The number of hydrogen-bond donors (Lipinski definition) is 2. The molecular weight excluding hydrogens is 262 g/mol. The van der Waals surface area contributed by atoms with Gasteiger partial charge in [0.2, 0.25) is 0 Å². The number of aliphatic carboxylic acids is 1. The Labute approximate surface area is 118 Å². The molecule has 1 saturated carbocycles. The van der Waals surface area contributed by atoms with Crippen molar-refractivity contribution >= 4 is 12.1 Å². The number of carbonyl (C=O) groups is 2. The highest BCUT2D eigenvalue weighted by molar-refractivity contribution is 5.71. The Balaban J connectivity index is 1.83. The average molecular weight is 285 g/mol. The van der Waals surface area contributed by atoms with Crippen molar-refractivity contribution in [3.63, 3.8) is 0 Å². The minimum absolute atomic E-state index is 0.00616. The van der Waals surface area contributed by atoms with E-state index in [0.29, 0.717) is 25.9 Å². The zero-order chi connectivity index (χ0) is 15.0. The van der Waals surface area contributed by atoms with Gasteiger partial charge in [-0.2, -0.15) is 0 Å². The summed E-state index contributed by atoms with van der Waals surface area (Å²) in [5.74, 6) is -1.07. The van der Waals surface area contributed by atoms with Crippen LogP contribution in [0.1, 0.15) is 46.5 Å². The lowest BCUT2D eigenvalue weighted by atomic mass is 9.66. The molecule has 2 aliphatic rings. The molecule has 2 rings (SSSR count). The van der Waals surface area contributed by atoms with Crippen molar-refractivity contribution < 1.29 is 24.2 Å². The summed E-state index contributed by atoms with van der Waals surface area (Å²) < 4.78 is 11.0. The van der Waals surface area contributed by atoms with Crippen LogP contribution in [-0.4, -0.2) is 41.0 Å². The number of carboxylic acids is 1. The highest BCUT2D eigenvalue weighted by Gasteiger charge is 2.51. The summed E-state index contributed by atoms with van der Waals surface area (Å²) in [4.78, 5) is 22.6. The number of amides is 1. The fourth-order valence-corrected chi connectivity index (χ4v) is 2.92. The van der Waals surface area contributed by atoms with Crippen molar-refractivity contribution in [3.8, 4) is 0 Å². The molecule has 0 bridgehead atoms. The van der Waals surface area contributed by atoms with Crippen molar-refractivity contribution in [2.45, 2.75) is 63.7 Å². The van der Waals surface area contributed by atoms with Gasteiger partial charge in [-0.1, -0.05) is 0 Å². The number of rotatable bonds is 2. The number of alkyl carbamates (subject to hydrolysis) is 1. The third-order valence-electron chi connectivity index (χ3n) is 3.80. The first-order chi connectivity index (χ1) is 9.19. The molecule has 1 unspecified atom stereocenters. The highest BCUT2D eigenvalue weighted by Crippen LogP contribution is 2.46. The molecule has 1 heterocycles. The quantitative estimate of drug-likeness (QED) is 0.809. The minimum atomic E-state index is -0.763. The van der Waals surface area contributed by atoms with Gasteiger partial charge in [-0.3, -0.25) is 4.79 Å². The first kappa shape index (κ1) is 15.1. The average Bonchev–Trinajstić information content (AvgIpc) is 2.22. The van der Waals surface area contributed by atoms with Crippen LogP contribution in [0.3, 0.4) is 0 Å². The number of carbonyl (C=O) groups excluding carboxylic acids is 1. The normalized spacial score (nSPS) is 33.4. The molecule has 1 spiro atoms. The Kier molecular flexibility index (Phi) is 3.95. The molecule has 114 valence electrons. The molecule has 0 aromatic heterocycles. The van der Waals surface area contributed by atoms with Crippen LogP contribution in [0.2, 0.25) is 0 Å². The maximum Gasteiger partial charge on any atom is 0.407 e. The Morgan fingerprint density at radius 3 is 2.50 bits per heavy atom. The third-order valence-corrected chi connectivity index (χ3v) is 3.80. The Bertz CT molecular complexity index is 395. The van der Waals surface area contributed by atoms with Crippen LogP contribution >= 0.6 is 0 Å². The highest BCUT2D eigenvalue weighted by atomic mass is 16.6. The smallest absolute Gasteiger partial charge is 0.407 e. The first-order valence-corrected chi connectivity index (χ1v) is 7.05. The van der Waals surface area contributed by atoms with Crippen LogP contribution in [0.15, 0.2) is 0 Å². The summed E-state index contributed by atoms with van der Waals surface area (Å²) in [6.45, 7) is 6.01. The molecule has 20 heavy (non-hydrogen) atoms. The Morgan fingerprint density at radius 1 is 1.30 bits per heavy atom. The number of nitrogens with one attached hydrogen (secondary N) is 1. The summed E-state index contributed by atoms with van der Waals surface area (Å²) in [6, 6.07) is -0.00616. The van der Waals surface area contributed by atoms with E-state index in [2.05, 4.69) is 5.32 Å². The van der Waals surface area contributed by atoms with Gasteiger partial charge >= 0.3 is 12.1 Å². The summed E-state index contributed by atoms with van der Waals surface area (Å²) in [5, 5.41) is 11.8. The fourth-order valence-electron chi connectivity index (χ4n) is 2.92. The van der Waals surface area contributed by atoms with Crippen LogP contribution in [-0.2, 0) is 14.3 Å². The second-order valence-electron chi connectivity index (χ2n) is 6.81. The van der Waals surface area contributed by atoms with Gasteiger partial charge in [0, 0.05) is 12.6 Å². The van der Waals surface area contributed by atoms with Crippen molar-refractivity contribution in [1.29, 1.82) is 0 Å². The Morgan fingerprint density at radius 2 is 1.95 bits per heavy atom. The van der Waals surface area contributed by atoms with E-state index in [1.807, 2.05) is 20.8 Å². The van der Waals surface area contributed by atoms with E-state index in [0.717, 1.165) is 6.42 Å². The fraction of sp³-hybridized carbons (Fsp3) is 0.857. The van der Waals surface area contributed by atoms with Crippen molar-refractivity contribution in [2.24, 2.45) is 5.92 Å². The van der Waals surface area contributed by atoms with Gasteiger partial charge in [-0.15, -0.1) is 0 Å². The van der Waals surface area contributed by atoms with Crippen LogP contribution < -0.4 is 5.32 Å². The van der Waals surface area contributed by atoms with Crippen molar-refractivity contribution in [2.75, 3.05) is 6.61 Å². The van der Waals surface area contributed by atoms with E-state index >= 15 is 0 Å². The summed E-state index contributed by atoms with van der Waals surface area (Å²) in [5.41, 5.74) is -0.876. The third kappa shape index (κ3) is 3.62. The van der Waals surface area contributed by atoms with E-state index in [-0.39, 0.29) is 17.6 Å². The molecule has 1 amide bonds. The first-order valence-electron chi connectivity index (χ1n) is 7.05. The zero-order valence-electron chi connectivity index (χ0n) is 12.3. The number of hydrogen-bond acceptors (Lipinski definition) is 4. The van der Waals surface area contributed by atoms with Gasteiger partial charge in [0.1, 0.15) is 5.60 Å². The van der Waals surface area contributed by atoms with E-state index in [4.69, 9.17) is 14.6 Å². The largest absolute Gasteiger partial charge is 0.481 e. The molecule has 1 aliphatic heterocycles. The summed E-state index contributed by atoms with van der Waals surface area (Å²) in [6.07, 6.45) is 2.05. The SMILES string of the molecule is CC(C)(C)OC(=O)NC1CCOC2(C1)CC(C(=O)O)C2. The van der Waals surface area contributed by atoms with Gasteiger partial charge in [-0.05, 0) is 46.5 Å². The van der Waals surface area contributed by atoms with Crippen LogP contribution in [0.25, 0.3) is 0 Å². The topological polar surface area (TPSA) is 84.9 Å². The maximum atomic E-state index is 11.7. The molecule has 1 aliphatic carbocycles. The lowest BCUT2D eigenvalue weighted by molar-refractivity contribution is -0.181. The van der Waals surface area contributed by atoms with Crippen LogP contribution in [0.5, 0.6) is 0 Å². The molecule has 6 heteroatoms. The Hall–Kier alpha value is -1.30. The van der Waals surface area contributed by atoms with Crippen LogP contribution in [0.4, 0.5) is 4.79 Å². The molecule has 0 aromatic rings. The van der Waals surface area contributed by atoms with Gasteiger partial charge in [0.05, 0.1) is 11.5 Å². The van der Waals surface area contributed by atoms with Crippen molar-refractivity contribution in [3.05, 3.63) is 0 Å². The number of ether oxygens (including phenoxy) is 2. The predicted molar refractivity (Wildman–Crippen MR) is 71.4 cm³/mol. The van der Waals surface area contributed by atoms with Crippen LogP contribution in [0, 0.1) is 5.92 Å². The van der Waals surface area contributed by atoms with E-state index < -0.39 is 17.7 Å². The van der Waals surface area contributed by atoms with E-state index in [9.17, 15) is 9.59 Å². The lowest BCUT2D eigenvalue weighted by Gasteiger charge is -2.50. The molecule has 2 N–H and O–H groups in total. The van der Waals surface area contributed by atoms with Gasteiger partial charge in [0.25, 0.3) is 0 Å². The second kappa shape index (κ2) is 5.24. The minimum Gasteiger partial charge on any atom is -0.481 e. The molecule has 2 fully saturated rings. The lowest BCUT2D eigenvalue weighted by Crippen LogP contribution is -2.56. The summed E-state index contributed by atoms with van der Waals surface area (Å²) >= 11 is 0. The monoisotopic (exact) mass is 285 g/mol. The van der Waals surface area contributed by atoms with E-state index in [1.54, 1.807) is 0 Å². The molecule has 6 nitrogen and oxygen atoms in total. The standard InChI is InChI=1S/C14H23NO5/c1-13(2,3)20-12(18)15-10-4-5-19-14(8-10)6-9(7-14)11(16)17/h9-10H,4-8H2,1-3H3,(H,15,18)(H,16,17). The van der Waals surface area contributed by atoms with Gasteiger partial charge in [0.15, 0.2) is 0 Å².